The third-order valence-electron chi connectivity index (χ3n) is 4.07. The smallest absolute Gasteiger partial charge is 0.203 e. The fourth-order valence-electron chi connectivity index (χ4n) is 1.69. The largest absolute Gasteiger partial charge is 0.554 e. The van der Waals surface area contributed by atoms with E-state index in [0.29, 0.717) is 0 Å². The highest BCUT2D eigenvalue weighted by Crippen LogP contribution is 2.40. The van der Waals surface area contributed by atoms with Crippen LogP contribution in [0.3, 0.4) is 0 Å². The summed E-state index contributed by atoms with van der Waals surface area (Å²) in [6.07, 6.45) is 2.25. The average Bonchev–Trinajstić information content (AvgIpc) is 2.39. The molecule has 0 fully saturated rings. The van der Waals surface area contributed by atoms with Gasteiger partial charge >= 0.3 is 0 Å². The molecule has 1 unspecified atom stereocenters. The molecule has 17 heavy (non-hydrogen) atoms. The maximum atomic E-state index is 6.41. The van der Waals surface area contributed by atoms with Crippen molar-refractivity contribution < 1.29 is 8.85 Å². The van der Waals surface area contributed by atoms with Gasteiger partial charge in [0, 0.05) is 0 Å². The first-order valence-corrected chi connectivity index (χ1v) is 9.94. The lowest BCUT2D eigenvalue weighted by Crippen LogP contribution is -2.43. The molecule has 0 N–H and O–H groups in total. The van der Waals surface area contributed by atoms with Gasteiger partial charge in [0.1, 0.15) is 11.9 Å². The van der Waals surface area contributed by atoms with Crippen LogP contribution >= 0.6 is 0 Å². The summed E-state index contributed by atoms with van der Waals surface area (Å²) in [6, 6.07) is 0. The molecule has 1 aliphatic carbocycles. The maximum absolute atomic E-state index is 6.41. The van der Waals surface area contributed by atoms with Gasteiger partial charge in [0.15, 0.2) is 8.32 Å². The van der Waals surface area contributed by atoms with Crippen molar-refractivity contribution in [3.8, 4) is 0 Å². The minimum absolute atomic E-state index is 0.0494. The Hall–Kier alpha value is -0.326. The van der Waals surface area contributed by atoms with Crippen LogP contribution < -0.4 is 0 Å². The Bertz CT molecular complexity index is 362. The summed E-state index contributed by atoms with van der Waals surface area (Å²) < 4.78 is 12.0. The van der Waals surface area contributed by atoms with E-state index in [1.165, 1.54) is 11.1 Å². The molecular formula is C13H26O2Si2. The van der Waals surface area contributed by atoms with Crippen LogP contribution in [-0.2, 0) is 8.85 Å². The standard InChI is InChI=1S/C13H26O2Si2/c1-9-8-11(12(14-16)10(9)2)15-17(6,7)13(3,4)5/h8,11H,1-7,16H3. The van der Waals surface area contributed by atoms with E-state index in [0.717, 1.165) is 16.2 Å². The highest BCUT2D eigenvalue weighted by molar-refractivity contribution is 6.74. The summed E-state index contributed by atoms with van der Waals surface area (Å²) in [6.45, 7) is 15.6. The van der Waals surface area contributed by atoms with E-state index in [1.54, 1.807) is 0 Å². The fraction of sp³-hybridized carbons (Fsp3) is 0.692. The number of rotatable bonds is 3. The van der Waals surface area contributed by atoms with Gasteiger partial charge in [0.25, 0.3) is 0 Å². The molecule has 0 bridgehead atoms. The number of hydrogen-bond donors (Lipinski definition) is 0. The van der Waals surface area contributed by atoms with Crippen LogP contribution in [0.4, 0.5) is 0 Å². The Morgan fingerprint density at radius 1 is 1.24 bits per heavy atom. The molecule has 0 aromatic carbocycles. The van der Waals surface area contributed by atoms with Gasteiger partial charge < -0.3 is 8.85 Å². The summed E-state index contributed by atoms with van der Waals surface area (Å²) in [5.74, 6) is 1.04. The van der Waals surface area contributed by atoms with Gasteiger partial charge in [-0.2, -0.15) is 0 Å². The van der Waals surface area contributed by atoms with Gasteiger partial charge in [-0.1, -0.05) is 20.8 Å². The number of allylic oxidation sites excluding steroid dienone is 2. The molecule has 98 valence electrons. The molecule has 0 spiro atoms. The van der Waals surface area contributed by atoms with Crippen molar-refractivity contribution in [1.82, 2.24) is 0 Å². The van der Waals surface area contributed by atoms with Gasteiger partial charge in [-0.15, -0.1) is 0 Å². The topological polar surface area (TPSA) is 18.5 Å². The minimum Gasteiger partial charge on any atom is -0.554 e. The molecule has 0 amide bonds. The summed E-state index contributed by atoms with van der Waals surface area (Å²) in [4.78, 5) is 0. The van der Waals surface area contributed by atoms with E-state index < -0.39 is 8.32 Å². The molecule has 1 aliphatic rings. The Labute approximate surface area is 110 Å². The second kappa shape index (κ2) is 4.74. The van der Waals surface area contributed by atoms with Crippen LogP contribution in [0.5, 0.6) is 0 Å². The van der Waals surface area contributed by atoms with E-state index in [-0.39, 0.29) is 11.1 Å². The van der Waals surface area contributed by atoms with E-state index in [4.69, 9.17) is 8.85 Å². The second-order valence-electron chi connectivity index (χ2n) is 6.34. The molecule has 0 heterocycles. The van der Waals surface area contributed by atoms with Crippen molar-refractivity contribution in [2.45, 2.75) is 58.9 Å². The summed E-state index contributed by atoms with van der Waals surface area (Å²) in [5, 5.41) is 0.238. The van der Waals surface area contributed by atoms with Crippen molar-refractivity contribution in [2.75, 3.05) is 0 Å². The van der Waals surface area contributed by atoms with Gasteiger partial charge in [-0.3, -0.25) is 0 Å². The molecule has 1 rings (SSSR count). The number of hydrogen-bond acceptors (Lipinski definition) is 2. The zero-order chi connectivity index (χ0) is 13.4. The lowest BCUT2D eigenvalue weighted by atomic mass is 10.2. The van der Waals surface area contributed by atoms with Crippen molar-refractivity contribution in [2.24, 2.45) is 0 Å². The molecule has 0 aliphatic heterocycles. The van der Waals surface area contributed by atoms with Crippen molar-refractivity contribution in [3.63, 3.8) is 0 Å². The van der Waals surface area contributed by atoms with Gasteiger partial charge in [-0.05, 0) is 49.2 Å². The van der Waals surface area contributed by atoms with Crippen molar-refractivity contribution in [1.29, 1.82) is 0 Å². The average molecular weight is 271 g/mol. The highest BCUT2D eigenvalue weighted by Gasteiger charge is 2.40. The molecule has 0 saturated heterocycles. The molecule has 0 aromatic rings. The zero-order valence-electron chi connectivity index (χ0n) is 12.5. The van der Waals surface area contributed by atoms with E-state index in [9.17, 15) is 0 Å². The molecule has 1 atom stereocenters. The molecule has 0 aromatic heterocycles. The molecular weight excluding hydrogens is 244 g/mol. The Morgan fingerprint density at radius 3 is 2.18 bits per heavy atom. The van der Waals surface area contributed by atoms with E-state index in [1.807, 2.05) is 0 Å². The lowest BCUT2D eigenvalue weighted by Gasteiger charge is -2.38. The van der Waals surface area contributed by atoms with Crippen molar-refractivity contribution >= 4 is 18.8 Å². The van der Waals surface area contributed by atoms with Crippen molar-refractivity contribution in [3.05, 3.63) is 23.0 Å². The first-order valence-electron chi connectivity index (χ1n) is 6.21. The van der Waals surface area contributed by atoms with Crippen LogP contribution in [-0.4, -0.2) is 24.9 Å². The SMILES string of the molecule is CC1=CC(O[Si](C)(C)C(C)(C)C)C(O[SiH3])=C1C. The molecule has 4 heteroatoms. The summed E-state index contributed by atoms with van der Waals surface area (Å²) in [5.41, 5.74) is 2.54. The van der Waals surface area contributed by atoms with E-state index >= 15 is 0 Å². The van der Waals surface area contributed by atoms with Gasteiger partial charge in [0.05, 0.1) is 0 Å². The Kier molecular flexibility index (Phi) is 4.11. The molecule has 2 nitrogen and oxygen atoms in total. The van der Waals surface area contributed by atoms with E-state index in [2.05, 4.69) is 53.8 Å². The first kappa shape index (κ1) is 14.7. The first-order chi connectivity index (χ1) is 7.60. The highest BCUT2D eigenvalue weighted by atomic mass is 28.4. The van der Waals surface area contributed by atoms with Gasteiger partial charge in [-0.25, -0.2) is 0 Å². The van der Waals surface area contributed by atoms with Crippen LogP contribution in [0.25, 0.3) is 0 Å². The molecule has 0 radical (unpaired) electrons. The predicted octanol–water partition coefficient (Wildman–Crippen LogP) is 2.91. The second-order valence-corrected chi connectivity index (χ2v) is 11.5. The minimum atomic E-state index is -1.73. The van der Waals surface area contributed by atoms with Crippen LogP contribution in [0.2, 0.25) is 18.1 Å². The molecule has 0 saturated carbocycles. The Balaban J connectivity index is 2.92. The lowest BCUT2D eigenvalue weighted by molar-refractivity contribution is 0.212. The summed E-state index contributed by atoms with van der Waals surface area (Å²) >= 11 is 0. The fourth-order valence-corrected chi connectivity index (χ4v) is 3.39. The third kappa shape index (κ3) is 2.92. The quantitative estimate of drug-likeness (QED) is 0.734. The predicted molar refractivity (Wildman–Crippen MR) is 79.6 cm³/mol. The van der Waals surface area contributed by atoms with Gasteiger partial charge in [0.2, 0.25) is 10.5 Å². The Morgan fingerprint density at radius 2 is 1.76 bits per heavy atom. The van der Waals surface area contributed by atoms with Crippen LogP contribution in [0.1, 0.15) is 34.6 Å². The maximum Gasteiger partial charge on any atom is 0.203 e. The monoisotopic (exact) mass is 270 g/mol. The summed E-state index contributed by atoms with van der Waals surface area (Å²) in [7, 11) is -1.01. The third-order valence-corrected chi connectivity index (χ3v) is 8.96. The van der Waals surface area contributed by atoms with Crippen LogP contribution in [0.15, 0.2) is 23.0 Å². The van der Waals surface area contributed by atoms with Crippen LogP contribution in [0, 0.1) is 0 Å². The zero-order valence-corrected chi connectivity index (χ0v) is 15.5. The normalized spacial score (nSPS) is 22.1.